The summed E-state index contributed by atoms with van der Waals surface area (Å²) >= 11 is 0. The van der Waals surface area contributed by atoms with Crippen molar-refractivity contribution in [3.05, 3.63) is 22.6 Å². The maximum Gasteiger partial charge on any atom is 0.269 e. The molecular formula is C12H20N4O2. The van der Waals surface area contributed by atoms with Crippen LogP contribution >= 0.6 is 0 Å². The molecule has 6 heteroatoms. The Morgan fingerprint density at radius 1 is 1.50 bits per heavy atom. The number of anilines is 1. The van der Waals surface area contributed by atoms with Gasteiger partial charge in [0.05, 0.1) is 11.9 Å². The third kappa shape index (κ3) is 4.57. The van der Waals surface area contributed by atoms with Gasteiger partial charge in [-0.15, -0.1) is 0 Å². The Balaban J connectivity index is 2.62. The van der Waals surface area contributed by atoms with E-state index in [0.29, 0.717) is 18.2 Å². The molecule has 0 atom stereocenters. The Labute approximate surface area is 106 Å². The molecule has 0 fully saturated rings. The number of rotatable bonds is 6. The molecule has 0 radical (unpaired) electrons. The largest absolute Gasteiger partial charge is 0.384 e. The van der Waals surface area contributed by atoms with Gasteiger partial charge >= 0.3 is 0 Å². The lowest BCUT2D eigenvalue weighted by Crippen LogP contribution is -2.35. The molecule has 1 heterocycles. The van der Waals surface area contributed by atoms with Crippen LogP contribution in [-0.4, -0.2) is 28.8 Å². The van der Waals surface area contributed by atoms with Gasteiger partial charge in [0.1, 0.15) is 6.54 Å². The number of hydrogen-bond acceptors (Lipinski definition) is 4. The summed E-state index contributed by atoms with van der Waals surface area (Å²) in [7, 11) is 0. The summed E-state index contributed by atoms with van der Waals surface area (Å²) in [5.74, 6) is 0.185. The number of carbonyl (C=O) groups excluding carboxylic acids is 1. The standard InChI is InChI=1S/C12H20N4O2/c1-4-13-10-5-12(18)16(15-7-10)8-11(17)14-6-9(2)3/h5,7,9,13H,4,6,8H2,1-3H3,(H,14,17). The summed E-state index contributed by atoms with van der Waals surface area (Å²) in [6, 6.07) is 1.44. The molecule has 0 bridgehead atoms. The first-order valence-corrected chi connectivity index (χ1v) is 6.10. The average molecular weight is 252 g/mol. The van der Waals surface area contributed by atoms with E-state index in [9.17, 15) is 9.59 Å². The summed E-state index contributed by atoms with van der Waals surface area (Å²) in [6.07, 6.45) is 1.54. The zero-order chi connectivity index (χ0) is 13.5. The van der Waals surface area contributed by atoms with E-state index in [4.69, 9.17) is 0 Å². The molecule has 1 aromatic heterocycles. The minimum atomic E-state index is -0.284. The van der Waals surface area contributed by atoms with Gasteiger partial charge in [0.25, 0.3) is 5.56 Å². The third-order valence-electron chi connectivity index (χ3n) is 2.25. The smallest absolute Gasteiger partial charge is 0.269 e. The second-order valence-electron chi connectivity index (χ2n) is 4.47. The Hall–Kier alpha value is -1.85. The highest BCUT2D eigenvalue weighted by Crippen LogP contribution is 1.98. The van der Waals surface area contributed by atoms with Gasteiger partial charge in [0, 0.05) is 19.2 Å². The number of amides is 1. The maximum absolute atomic E-state index is 11.7. The third-order valence-corrected chi connectivity index (χ3v) is 2.25. The first-order chi connectivity index (χ1) is 8.52. The van der Waals surface area contributed by atoms with Crippen LogP contribution in [0.5, 0.6) is 0 Å². The van der Waals surface area contributed by atoms with Crippen molar-refractivity contribution in [1.82, 2.24) is 15.1 Å². The Kier molecular flexibility index (Phi) is 5.35. The molecule has 0 aromatic carbocycles. The minimum Gasteiger partial charge on any atom is -0.384 e. The van der Waals surface area contributed by atoms with Crippen molar-refractivity contribution in [3.8, 4) is 0 Å². The molecule has 0 aliphatic rings. The average Bonchev–Trinajstić information content (AvgIpc) is 2.30. The van der Waals surface area contributed by atoms with E-state index >= 15 is 0 Å². The summed E-state index contributed by atoms with van der Waals surface area (Å²) in [4.78, 5) is 23.2. The summed E-state index contributed by atoms with van der Waals surface area (Å²) < 4.78 is 1.15. The molecule has 0 unspecified atom stereocenters. The quantitative estimate of drug-likeness (QED) is 0.770. The molecule has 1 rings (SSSR count). The zero-order valence-electron chi connectivity index (χ0n) is 11.1. The van der Waals surface area contributed by atoms with E-state index in [1.165, 1.54) is 6.07 Å². The minimum absolute atomic E-state index is 0.0437. The highest BCUT2D eigenvalue weighted by Gasteiger charge is 2.06. The first kappa shape index (κ1) is 14.2. The van der Waals surface area contributed by atoms with Crippen molar-refractivity contribution in [2.24, 2.45) is 5.92 Å². The fourth-order valence-corrected chi connectivity index (χ4v) is 1.36. The van der Waals surface area contributed by atoms with Crippen LogP contribution in [0.25, 0.3) is 0 Å². The predicted octanol–water partition coefficient (Wildman–Crippen LogP) is 0.447. The first-order valence-electron chi connectivity index (χ1n) is 6.10. The molecule has 0 saturated carbocycles. The second kappa shape index (κ2) is 6.78. The number of nitrogens with one attached hydrogen (secondary N) is 2. The van der Waals surface area contributed by atoms with Crippen LogP contribution in [0.1, 0.15) is 20.8 Å². The Bertz CT molecular complexity index is 454. The summed E-state index contributed by atoms with van der Waals surface area (Å²) in [5.41, 5.74) is 0.384. The zero-order valence-corrected chi connectivity index (χ0v) is 11.1. The van der Waals surface area contributed by atoms with Crippen molar-refractivity contribution < 1.29 is 4.79 Å². The van der Waals surface area contributed by atoms with Crippen LogP contribution < -0.4 is 16.2 Å². The van der Waals surface area contributed by atoms with E-state index in [1.54, 1.807) is 6.20 Å². The number of hydrogen-bond donors (Lipinski definition) is 2. The molecule has 100 valence electrons. The normalized spacial score (nSPS) is 10.4. The van der Waals surface area contributed by atoms with Crippen molar-refractivity contribution in [2.45, 2.75) is 27.3 Å². The van der Waals surface area contributed by atoms with Crippen molar-refractivity contribution in [3.63, 3.8) is 0 Å². The molecule has 18 heavy (non-hydrogen) atoms. The van der Waals surface area contributed by atoms with Crippen molar-refractivity contribution >= 4 is 11.6 Å². The van der Waals surface area contributed by atoms with Crippen LogP contribution in [-0.2, 0) is 11.3 Å². The monoisotopic (exact) mass is 252 g/mol. The lowest BCUT2D eigenvalue weighted by molar-refractivity contribution is -0.122. The lowest BCUT2D eigenvalue weighted by atomic mass is 10.2. The highest BCUT2D eigenvalue weighted by molar-refractivity contribution is 5.75. The van der Waals surface area contributed by atoms with E-state index in [2.05, 4.69) is 15.7 Å². The highest BCUT2D eigenvalue weighted by atomic mass is 16.2. The van der Waals surface area contributed by atoms with Crippen LogP contribution in [0.3, 0.4) is 0 Å². The molecule has 6 nitrogen and oxygen atoms in total. The molecule has 0 saturated heterocycles. The van der Waals surface area contributed by atoms with E-state index in [0.717, 1.165) is 11.2 Å². The molecule has 2 N–H and O–H groups in total. The van der Waals surface area contributed by atoms with Gasteiger partial charge in [-0.05, 0) is 12.8 Å². The van der Waals surface area contributed by atoms with E-state index in [1.807, 2.05) is 20.8 Å². The molecule has 0 aliphatic heterocycles. The topological polar surface area (TPSA) is 76.0 Å². The van der Waals surface area contributed by atoms with Crippen LogP contribution in [0.2, 0.25) is 0 Å². The summed E-state index contributed by atoms with van der Waals surface area (Å²) in [5, 5.41) is 9.68. The fraction of sp³-hybridized carbons (Fsp3) is 0.583. The van der Waals surface area contributed by atoms with Gasteiger partial charge in [0.15, 0.2) is 0 Å². The molecule has 1 amide bonds. The van der Waals surface area contributed by atoms with Gasteiger partial charge in [-0.25, -0.2) is 4.68 Å². The van der Waals surface area contributed by atoms with Gasteiger partial charge in [-0.3, -0.25) is 9.59 Å². The lowest BCUT2D eigenvalue weighted by Gasteiger charge is -2.09. The second-order valence-corrected chi connectivity index (χ2v) is 4.47. The Morgan fingerprint density at radius 3 is 2.78 bits per heavy atom. The maximum atomic E-state index is 11.7. The fourth-order valence-electron chi connectivity index (χ4n) is 1.36. The summed E-state index contributed by atoms with van der Waals surface area (Å²) in [6.45, 7) is 7.23. The van der Waals surface area contributed by atoms with Crippen molar-refractivity contribution in [2.75, 3.05) is 18.4 Å². The van der Waals surface area contributed by atoms with Crippen LogP contribution in [0, 0.1) is 5.92 Å². The van der Waals surface area contributed by atoms with E-state index in [-0.39, 0.29) is 18.0 Å². The Morgan fingerprint density at radius 2 is 2.22 bits per heavy atom. The molecular weight excluding hydrogens is 232 g/mol. The predicted molar refractivity (Wildman–Crippen MR) is 70.5 cm³/mol. The molecule has 0 aliphatic carbocycles. The number of aromatic nitrogens is 2. The molecule has 1 aromatic rings. The van der Waals surface area contributed by atoms with Gasteiger partial charge in [0.2, 0.25) is 5.91 Å². The van der Waals surface area contributed by atoms with Gasteiger partial charge in [-0.2, -0.15) is 5.10 Å². The van der Waals surface area contributed by atoms with Crippen LogP contribution in [0.4, 0.5) is 5.69 Å². The number of carbonyl (C=O) groups is 1. The molecule has 0 spiro atoms. The van der Waals surface area contributed by atoms with Gasteiger partial charge < -0.3 is 10.6 Å². The van der Waals surface area contributed by atoms with E-state index < -0.39 is 0 Å². The SMILES string of the molecule is CCNc1cnn(CC(=O)NCC(C)C)c(=O)c1. The van der Waals surface area contributed by atoms with Crippen molar-refractivity contribution in [1.29, 1.82) is 0 Å². The van der Waals surface area contributed by atoms with Gasteiger partial charge in [-0.1, -0.05) is 13.8 Å². The number of nitrogens with zero attached hydrogens (tertiary/aromatic N) is 2. The van der Waals surface area contributed by atoms with Crippen LogP contribution in [0.15, 0.2) is 17.1 Å².